The number of sulfone groups is 1. The number of hydrogen-bond acceptors (Lipinski definition) is 4. The summed E-state index contributed by atoms with van der Waals surface area (Å²) >= 11 is 0. The first-order valence-electron chi connectivity index (χ1n) is 2.81. The smallest absolute Gasteiger partial charge is 0.227 e. The van der Waals surface area contributed by atoms with E-state index in [4.69, 9.17) is 0 Å². The van der Waals surface area contributed by atoms with Gasteiger partial charge in [-0.3, -0.25) is 0 Å². The molecular formula is C6H6N2O2S. The molecule has 0 fully saturated rings. The van der Waals surface area contributed by atoms with Crippen LogP contribution in [0.1, 0.15) is 0 Å². The summed E-state index contributed by atoms with van der Waals surface area (Å²) in [6, 6.07) is 1.54. The van der Waals surface area contributed by atoms with Crippen molar-refractivity contribution in [1.29, 1.82) is 0 Å². The highest BCUT2D eigenvalue weighted by molar-refractivity contribution is 7.94. The molecule has 0 aliphatic rings. The van der Waals surface area contributed by atoms with Crippen molar-refractivity contribution in [3.8, 4) is 0 Å². The molecule has 1 aromatic rings. The lowest BCUT2D eigenvalue weighted by Gasteiger charge is -1.92. The van der Waals surface area contributed by atoms with Crippen molar-refractivity contribution in [1.82, 2.24) is 9.97 Å². The van der Waals surface area contributed by atoms with Gasteiger partial charge in [0.2, 0.25) is 9.84 Å². The fourth-order valence-electron chi connectivity index (χ4n) is 0.507. The summed E-state index contributed by atoms with van der Waals surface area (Å²) in [6.45, 7) is 3.14. The molecule has 0 unspecified atom stereocenters. The number of hydrogen-bond donors (Lipinski definition) is 0. The van der Waals surface area contributed by atoms with E-state index < -0.39 is 9.84 Å². The molecule has 0 bridgehead atoms. The Balaban J connectivity index is 3.24. The maximum Gasteiger partial charge on any atom is 0.251 e. The first kappa shape index (κ1) is 7.87. The second kappa shape index (κ2) is 2.79. The fraction of sp³-hybridized carbons (Fsp3) is 0. The topological polar surface area (TPSA) is 59.9 Å². The molecule has 0 radical (unpaired) electrons. The van der Waals surface area contributed by atoms with Crippen molar-refractivity contribution in [3.63, 3.8) is 0 Å². The van der Waals surface area contributed by atoms with Crippen LogP contribution in [0.4, 0.5) is 0 Å². The van der Waals surface area contributed by atoms with Gasteiger partial charge in [0.15, 0.2) is 0 Å². The summed E-state index contributed by atoms with van der Waals surface area (Å²) in [4.78, 5) is 7.10. The van der Waals surface area contributed by atoms with E-state index in [9.17, 15) is 8.42 Å². The van der Waals surface area contributed by atoms with Crippen LogP contribution in [-0.4, -0.2) is 18.4 Å². The molecule has 1 heterocycles. The lowest BCUT2D eigenvalue weighted by atomic mass is 10.7. The monoisotopic (exact) mass is 170 g/mol. The van der Waals surface area contributed by atoms with Gasteiger partial charge >= 0.3 is 0 Å². The van der Waals surface area contributed by atoms with Crippen LogP contribution in [0.2, 0.25) is 0 Å². The van der Waals surface area contributed by atoms with Crippen LogP contribution in [0.3, 0.4) is 0 Å². The summed E-state index contributed by atoms with van der Waals surface area (Å²) < 4.78 is 21.9. The predicted octanol–water partition coefficient (Wildman–Crippen LogP) is 0.394. The van der Waals surface area contributed by atoms with Crippen molar-refractivity contribution >= 4 is 9.84 Å². The quantitative estimate of drug-likeness (QED) is 0.602. The van der Waals surface area contributed by atoms with E-state index >= 15 is 0 Å². The summed E-state index contributed by atoms with van der Waals surface area (Å²) in [5.74, 6) is 0. The number of aromatic nitrogens is 2. The van der Waals surface area contributed by atoms with Crippen molar-refractivity contribution in [3.05, 3.63) is 30.4 Å². The minimum atomic E-state index is -3.46. The van der Waals surface area contributed by atoms with Gasteiger partial charge in [-0.1, -0.05) is 6.58 Å². The second-order valence-electron chi connectivity index (χ2n) is 1.74. The van der Waals surface area contributed by atoms with Gasteiger partial charge in [-0.05, 0) is 6.07 Å². The van der Waals surface area contributed by atoms with Crippen molar-refractivity contribution in [2.45, 2.75) is 5.16 Å². The Bertz CT molecular complexity index is 344. The normalized spacial score (nSPS) is 10.9. The SMILES string of the molecule is C=CS(=O)(=O)c1ncccn1. The highest BCUT2D eigenvalue weighted by atomic mass is 32.2. The lowest BCUT2D eigenvalue weighted by Crippen LogP contribution is -2.00. The third kappa shape index (κ3) is 1.62. The standard InChI is InChI=1S/C6H6N2O2S/c1-2-11(9,10)6-7-4-3-5-8-6/h2-5H,1H2. The maximum absolute atomic E-state index is 11.0. The third-order valence-electron chi connectivity index (χ3n) is 1.02. The zero-order chi connectivity index (χ0) is 8.32. The van der Waals surface area contributed by atoms with Gasteiger partial charge in [0.1, 0.15) is 0 Å². The molecule has 4 nitrogen and oxygen atoms in total. The Labute approximate surface area is 64.5 Å². The van der Waals surface area contributed by atoms with Gasteiger partial charge in [0.05, 0.1) is 0 Å². The maximum atomic E-state index is 11.0. The van der Waals surface area contributed by atoms with Crippen molar-refractivity contribution < 1.29 is 8.42 Å². The van der Waals surface area contributed by atoms with Crippen molar-refractivity contribution in [2.24, 2.45) is 0 Å². The summed E-state index contributed by atoms with van der Waals surface area (Å²) in [7, 11) is -3.46. The van der Waals surface area contributed by atoms with E-state index in [1.807, 2.05) is 0 Å². The number of nitrogens with zero attached hydrogens (tertiary/aromatic N) is 2. The minimum Gasteiger partial charge on any atom is -0.227 e. The van der Waals surface area contributed by atoms with Crippen LogP contribution < -0.4 is 0 Å². The molecule has 0 saturated heterocycles. The van der Waals surface area contributed by atoms with Gasteiger partial charge < -0.3 is 0 Å². The molecule has 0 aliphatic heterocycles. The second-order valence-corrected chi connectivity index (χ2v) is 3.53. The van der Waals surface area contributed by atoms with Crippen molar-refractivity contribution in [2.75, 3.05) is 0 Å². The van der Waals surface area contributed by atoms with Gasteiger partial charge in [-0.15, -0.1) is 0 Å². The van der Waals surface area contributed by atoms with E-state index in [0.29, 0.717) is 0 Å². The number of rotatable bonds is 2. The van der Waals surface area contributed by atoms with Crippen LogP contribution >= 0.6 is 0 Å². The molecule has 1 aromatic heterocycles. The first-order chi connectivity index (χ1) is 5.17. The van der Waals surface area contributed by atoms with E-state index in [1.165, 1.54) is 12.4 Å². The molecule has 0 N–H and O–H groups in total. The summed E-state index contributed by atoms with van der Waals surface area (Å²) in [5, 5.41) is 0.609. The average molecular weight is 170 g/mol. The highest BCUT2D eigenvalue weighted by Gasteiger charge is 2.10. The molecule has 11 heavy (non-hydrogen) atoms. The van der Waals surface area contributed by atoms with Gasteiger partial charge in [-0.2, -0.15) is 0 Å². The Morgan fingerprint density at radius 1 is 1.36 bits per heavy atom. The van der Waals surface area contributed by atoms with Gasteiger partial charge in [-0.25, -0.2) is 18.4 Å². The lowest BCUT2D eigenvalue weighted by molar-refractivity contribution is 0.596. The zero-order valence-corrected chi connectivity index (χ0v) is 6.45. The Morgan fingerprint density at radius 3 is 2.36 bits per heavy atom. The molecular weight excluding hydrogens is 164 g/mol. The molecule has 1 rings (SSSR count). The molecule has 0 aromatic carbocycles. The van der Waals surface area contributed by atoms with Crippen LogP contribution in [0.5, 0.6) is 0 Å². The molecule has 0 amide bonds. The van der Waals surface area contributed by atoms with Crippen LogP contribution in [0.15, 0.2) is 35.6 Å². The molecule has 0 atom stereocenters. The Morgan fingerprint density at radius 2 is 1.91 bits per heavy atom. The summed E-state index contributed by atoms with van der Waals surface area (Å²) in [6.07, 6.45) is 2.73. The molecule has 58 valence electrons. The third-order valence-corrected chi connectivity index (χ3v) is 2.17. The summed E-state index contributed by atoms with van der Waals surface area (Å²) in [5.41, 5.74) is 0. The molecule has 0 aliphatic carbocycles. The molecule has 5 heteroatoms. The van der Waals surface area contributed by atoms with E-state index in [1.54, 1.807) is 6.07 Å². The van der Waals surface area contributed by atoms with Gasteiger partial charge in [0.25, 0.3) is 5.16 Å². The van der Waals surface area contributed by atoms with E-state index in [-0.39, 0.29) is 5.16 Å². The predicted molar refractivity (Wildman–Crippen MR) is 39.4 cm³/mol. The molecule has 0 spiro atoms. The minimum absolute atomic E-state index is 0.213. The van der Waals surface area contributed by atoms with Gasteiger partial charge in [0, 0.05) is 17.8 Å². The van der Waals surface area contributed by atoms with Crippen LogP contribution in [-0.2, 0) is 9.84 Å². The first-order valence-corrected chi connectivity index (χ1v) is 4.36. The molecule has 0 saturated carbocycles. The van der Waals surface area contributed by atoms with Crippen LogP contribution in [0, 0.1) is 0 Å². The van der Waals surface area contributed by atoms with E-state index in [2.05, 4.69) is 16.5 Å². The Hall–Kier alpha value is -1.23. The fourth-order valence-corrected chi connectivity index (χ4v) is 1.07. The zero-order valence-electron chi connectivity index (χ0n) is 5.64. The Kier molecular flexibility index (Phi) is 2.00. The van der Waals surface area contributed by atoms with Crippen LogP contribution in [0.25, 0.3) is 0 Å². The highest BCUT2D eigenvalue weighted by Crippen LogP contribution is 2.01. The largest absolute Gasteiger partial charge is 0.251 e. The average Bonchev–Trinajstić information content (AvgIpc) is 2.06. The van der Waals surface area contributed by atoms with E-state index in [0.717, 1.165) is 5.41 Å².